The first-order valence-electron chi connectivity index (χ1n) is 7.76. The maximum Gasteiger partial charge on any atom is 0.257 e. The lowest BCUT2D eigenvalue weighted by Crippen LogP contribution is -2.29. The molecular weight excluding hydrogens is 354 g/mol. The van der Waals surface area contributed by atoms with Gasteiger partial charge in [-0.15, -0.1) is 0 Å². The van der Waals surface area contributed by atoms with Crippen molar-refractivity contribution < 1.29 is 9.53 Å². The van der Waals surface area contributed by atoms with Crippen molar-refractivity contribution in [3.63, 3.8) is 0 Å². The van der Waals surface area contributed by atoms with Gasteiger partial charge in [0.25, 0.3) is 5.91 Å². The summed E-state index contributed by atoms with van der Waals surface area (Å²) in [5.74, 6) is 0.620. The number of aryl methyl sites for hydroxylation is 3. The second kappa shape index (κ2) is 8.73. The van der Waals surface area contributed by atoms with Gasteiger partial charge in [-0.1, -0.05) is 45.8 Å². The van der Waals surface area contributed by atoms with Crippen LogP contribution in [0.15, 0.2) is 46.9 Å². The molecule has 4 heteroatoms. The molecule has 0 atom stereocenters. The van der Waals surface area contributed by atoms with Crippen LogP contribution in [0, 0.1) is 13.8 Å². The number of benzene rings is 2. The Morgan fingerprint density at radius 1 is 1.13 bits per heavy atom. The standard InChI is InChI=1S/C19H22BrNO2/c1-14-5-7-16(8-6-14)4-3-11-21-19(22)13-23-17-9-10-18(20)15(2)12-17/h5-10,12H,3-4,11,13H2,1-2H3,(H,21,22). The van der Waals surface area contributed by atoms with Gasteiger partial charge in [0.2, 0.25) is 0 Å². The third-order valence-corrected chi connectivity index (χ3v) is 4.47. The van der Waals surface area contributed by atoms with E-state index in [1.54, 1.807) is 0 Å². The molecule has 2 aromatic carbocycles. The minimum Gasteiger partial charge on any atom is -0.484 e. The van der Waals surface area contributed by atoms with Crippen LogP contribution in [0.5, 0.6) is 5.75 Å². The van der Waals surface area contributed by atoms with Gasteiger partial charge in [0.1, 0.15) is 5.75 Å². The molecule has 0 unspecified atom stereocenters. The number of rotatable bonds is 7. The van der Waals surface area contributed by atoms with E-state index in [4.69, 9.17) is 4.74 Å². The summed E-state index contributed by atoms with van der Waals surface area (Å²) in [5, 5.41) is 2.89. The zero-order chi connectivity index (χ0) is 16.7. The summed E-state index contributed by atoms with van der Waals surface area (Å²) in [6, 6.07) is 14.2. The number of amides is 1. The van der Waals surface area contributed by atoms with Gasteiger partial charge in [-0.25, -0.2) is 0 Å². The van der Waals surface area contributed by atoms with Crippen LogP contribution in [-0.2, 0) is 11.2 Å². The first-order chi connectivity index (χ1) is 11.0. The van der Waals surface area contributed by atoms with E-state index in [0.29, 0.717) is 12.3 Å². The zero-order valence-electron chi connectivity index (χ0n) is 13.6. The van der Waals surface area contributed by atoms with Crippen molar-refractivity contribution in [1.29, 1.82) is 0 Å². The Bertz CT molecular complexity index is 653. The molecule has 0 fully saturated rings. The van der Waals surface area contributed by atoms with Crippen LogP contribution in [0.4, 0.5) is 0 Å². The van der Waals surface area contributed by atoms with E-state index in [-0.39, 0.29) is 12.5 Å². The quantitative estimate of drug-likeness (QED) is 0.736. The molecule has 1 amide bonds. The Morgan fingerprint density at radius 2 is 1.87 bits per heavy atom. The van der Waals surface area contributed by atoms with Gasteiger partial charge in [-0.05, 0) is 56.0 Å². The minimum absolute atomic E-state index is 0.0472. The van der Waals surface area contributed by atoms with Crippen LogP contribution < -0.4 is 10.1 Å². The van der Waals surface area contributed by atoms with Gasteiger partial charge in [0.05, 0.1) is 0 Å². The number of halogens is 1. The van der Waals surface area contributed by atoms with Crippen LogP contribution in [0.1, 0.15) is 23.1 Å². The fraction of sp³-hybridized carbons (Fsp3) is 0.316. The normalized spacial score (nSPS) is 10.4. The van der Waals surface area contributed by atoms with E-state index in [1.807, 2.05) is 25.1 Å². The Kier molecular flexibility index (Phi) is 6.66. The molecule has 23 heavy (non-hydrogen) atoms. The fourth-order valence-corrected chi connectivity index (χ4v) is 2.43. The Hall–Kier alpha value is -1.81. The Morgan fingerprint density at radius 3 is 2.57 bits per heavy atom. The predicted molar refractivity (Wildman–Crippen MR) is 96.9 cm³/mol. The van der Waals surface area contributed by atoms with Crippen molar-refractivity contribution >= 4 is 21.8 Å². The van der Waals surface area contributed by atoms with Gasteiger partial charge in [0.15, 0.2) is 6.61 Å². The van der Waals surface area contributed by atoms with Crippen LogP contribution in [0.25, 0.3) is 0 Å². The van der Waals surface area contributed by atoms with Crippen molar-refractivity contribution in [2.45, 2.75) is 26.7 Å². The number of hydrogen-bond acceptors (Lipinski definition) is 2. The van der Waals surface area contributed by atoms with Gasteiger partial charge >= 0.3 is 0 Å². The minimum atomic E-state index is -0.0884. The monoisotopic (exact) mass is 375 g/mol. The maximum absolute atomic E-state index is 11.8. The van der Waals surface area contributed by atoms with Crippen molar-refractivity contribution in [2.24, 2.45) is 0 Å². The Labute approximate surface area is 146 Å². The average Bonchev–Trinajstić information content (AvgIpc) is 2.54. The molecule has 0 aliphatic rings. The lowest BCUT2D eigenvalue weighted by molar-refractivity contribution is -0.123. The molecule has 2 aromatic rings. The second-order valence-corrected chi connectivity index (χ2v) is 6.49. The van der Waals surface area contributed by atoms with Crippen molar-refractivity contribution in [3.05, 3.63) is 63.6 Å². The summed E-state index contributed by atoms with van der Waals surface area (Å²) in [6.45, 7) is 4.78. The zero-order valence-corrected chi connectivity index (χ0v) is 15.2. The molecule has 0 spiro atoms. The molecule has 0 radical (unpaired) electrons. The predicted octanol–water partition coefficient (Wildman–Crippen LogP) is 4.19. The van der Waals surface area contributed by atoms with Gasteiger partial charge in [-0.2, -0.15) is 0 Å². The third kappa shape index (κ3) is 6.06. The van der Waals surface area contributed by atoms with Gasteiger partial charge in [-0.3, -0.25) is 4.79 Å². The molecule has 0 heterocycles. The van der Waals surface area contributed by atoms with Crippen LogP contribution in [0.2, 0.25) is 0 Å². The summed E-state index contributed by atoms with van der Waals surface area (Å²) in [4.78, 5) is 11.8. The topological polar surface area (TPSA) is 38.3 Å². The lowest BCUT2D eigenvalue weighted by atomic mass is 10.1. The highest BCUT2D eigenvalue weighted by Gasteiger charge is 2.04. The highest BCUT2D eigenvalue weighted by Crippen LogP contribution is 2.21. The maximum atomic E-state index is 11.8. The smallest absolute Gasteiger partial charge is 0.257 e. The van der Waals surface area contributed by atoms with Crippen molar-refractivity contribution in [1.82, 2.24) is 5.32 Å². The van der Waals surface area contributed by atoms with E-state index < -0.39 is 0 Å². The number of ether oxygens (including phenoxy) is 1. The molecule has 0 aliphatic heterocycles. The summed E-state index contributed by atoms with van der Waals surface area (Å²) in [7, 11) is 0. The van der Waals surface area contributed by atoms with E-state index >= 15 is 0 Å². The van der Waals surface area contributed by atoms with E-state index in [2.05, 4.69) is 52.4 Å². The lowest BCUT2D eigenvalue weighted by Gasteiger charge is -2.09. The fourth-order valence-electron chi connectivity index (χ4n) is 2.18. The molecule has 3 nitrogen and oxygen atoms in total. The van der Waals surface area contributed by atoms with Crippen molar-refractivity contribution in [2.75, 3.05) is 13.2 Å². The van der Waals surface area contributed by atoms with Crippen LogP contribution in [0.3, 0.4) is 0 Å². The molecule has 2 rings (SSSR count). The average molecular weight is 376 g/mol. The molecule has 0 saturated heterocycles. The molecule has 0 saturated carbocycles. The number of hydrogen-bond donors (Lipinski definition) is 1. The molecule has 0 aliphatic carbocycles. The largest absolute Gasteiger partial charge is 0.484 e. The molecule has 0 aromatic heterocycles. The Balaban J connectivity index is 1.65. The second-order valence-electron chi connectivity index (χ2n) is 5.64. The third-order valence-electron chi connectivity index (χ3n) is 3.58. The van der Waals surface area contributed by atoms with E-state index in [9.17, 15) is 4.79 Å². The van der Waals surface area contributed by atoms with E-state index in [1.165, 1.54) is 11.1 Å². The number of nitrogens with one attached hydrogen (secondary N) is 1. The van der Waals surface area contributed by atoms with Gasteiger partial charge < -0.3 is 10.1 Å². The SMILES string of the molecule is Cc1ccc(CCCNC(=O)COc2ccc(Br)c(C)c2)cc1. The molecule has 0 bridgehead atoms. The summed E-state index contributed by atoms with van der Waals surface area (Å²) in [5.41, 5.74) is 3.65. The summed E-state index contributed by atoms with van der Waals surface area (Å²) in [6.07, 6.45) is 1.89. The molecular formula is C19H22BrNO2. The number of carbonyl (C=O) groups excluding carboxylic acids is 1. The highest BCUT2D eigenvalue weighted by molar-refractivity contribution is 9.10. The van der Waals surface area contributed by atoms with Gasteiger partial charge in [0, 0.05) is 11.0 Å². The van der Waals surface area contributed by atoms with Crippen molar-refractivity contribution in [3.8, 4) is 5.75 Å². The van der Waals surface area contributed by atoms with Crippen LogP contribution >= 0.6 is 15.9 Å². The number of carbonyl (C=O) groups is 1. The first-order valence-corrected chi connectivity index (χ1v) is 8.55. The highest BCUT2D eigenvalue weighted by atomic mass is 79.9. The molecule has 122 valence electrons. The first kappa shape index (κ1) is 17.5. The summed E-state index contributed by atoms with van der Waals surface area (Å²) >= 11 is 3.44. The summed E-state index contributed by atoms with van der Waals surface area (Å²) < 4.78 is 6.53. The van der Waals surface area contributed by atoms with Crippen LogP contribution in [-0.4, -0.2) is 19.1 Å². The van der Waals surface area contributed by atoms with E-state index in [0.717, 1.165) is 22.9 Å². The molecule has 1 N–H and O–H groups in total.